The largest absolute Gasteiger partial charge is 0.323 e. The Hall–Kier alpha value is -1.55. The molecule has 0 heterocycles. The third kappa shape index (κ3) is 3.59. The quantitative estimate of drug-likeness (QED) is 0.802. The maximum absolute atomic E-state index is 12.8. The van der Waals surface area contributed by atoms with E-state index in [9.17, 15) is 9.18 Å². The normalized spacial score (nSPS) is 9.53. The Kier molecular flexibility index (Phi) is 3.68. The molecule has 0 unspecified atom stereocenters. The van der Waals surface area contributed by atoms with Gasteiger partial charge in [-0.05, 0) is 25.1 Å². The summed E-state index contributed by atoms with van der Waals surface area (Å²) < 4.78 is 12.8. The molecule has 0 atom stereocenters. The lowest BCUT2D eigenvalue weighted by Gasteiger charge is -2.07. The van der Waals surface area contributed by atoms with Gasteiger partial charge in [-0.15, -0.1) is 0 Å². The molecule has 3 nitrogen and oxygen atoms in total. The highest BCUT2D eigenvalue weighted by Gasteiger charge is 2.04. The zero-order valence-electron chi connectivity index (χ0n) is 8.10. The van der Waals surface area contributed by atoms with Crippen LogP contribution >= 0.6 is 11.6 Å². The van der Waals surface area contributed by atoms with Crippen molar-refractivity contribution < 1.29 is 9.18 Å². The van der Waals surface area contributed by atoms with Gasteiger partial charge in [0.05, 0.1) is 5.02 Å². The predicted molar refractivity (Wildman–Crippen MR) is 58.4 cm³/mol. The van der Waals surface area contributed by atoms with Gasteiger partial charge in [-0.1, -0.05) is 18.2 Å². The van der Waals surface area contributed by atoms with Crippen LogP contribution in [0, 0.1) is 5.82 Å². The molecule has 0 saturated carbocycles. The molecule has 0 aliphatic rings. The molecule has 15 heavy (non-hydrogen) atoms. The molecule has 0 aromatic heterocycles. The number of halogens is 2. The number of amides is 2. The Morgan fingerprint density at radius 2 is 2.20 bits per heavy atom. The maximum atomic E-state index is 12.8. The third-order valence-corrected chi connectivity index (χ3v) is 1.79. The maximum Gasteiger partial charge on any atom is 0.323 e. The molecule has 2 amide bonds. The molecule has 0 bridgehead atoms. The second kappa shape index (κ2) is 4.79. The highest BCUT2D eigenvalue weighted by molar-refractivity contribution is 6.31. The van der Waals surface area contributed by atoms with Crippen LogP contribution in [0.2, 0.25) is 5.02 Å². The molecule has 0 spiro atoms. The minimum Gasteiger partial charge on any atom is -0.312 e. The summed E-state index contributed by atoms with van der Waals surface area (Å²) in [6, 6.07) is 3.48. The van der Waals surface area contributed by atoms with Crippen molar-refractivity contribution in [3.05, 3.63) is 41.3 Å². The van der Waals surface area contributed by atoms with Crippen molar-refractivity contribution >= 4 is 23.3 Å². The van der Waals surface area contributed by atoms with Crippen LogP contribution in [-0.2, 0) is 0 Å². The Bertz CT molecular complexity index is 406. The van der Waals surface area contributed by atoms with Gasteiger partial charge in [0.2, 0.25) is 0 Å². The van der Waals surface area contributed by atoms with Crippen LogP contribution < -0.4 is 10.6 Å². The summed E-state index contributed by atoms with van der Waals surface area (Å²) in [5, 5.41) is 4.88. The first kappa shape index (κ1) is 11.5. The average Bonchev–Trinajstić information content (AvgIpc) is 2.10. The van der Waals surface area contributed by atoms with E-state index in [1.807, 2.05) is 0 Å². The number of urea groups is 1. The number of anilines is 1. The molecular formula is C10H10ClFN2O. The summed E-state index contributed by atoms with van der Waals surface area (Å²) in [7, 11) is 0. The van der Waals surface area contributed by atoms with Crippen LogP contribution in [0.15, 0.2) is 30.5 Å². The lowest BCUT2D eigenvalue weighted by Crippen LogP contribution is -2.26. The number of carbonyl (C=O) groups is 1. The molecule has 1 aromatic carbocycles. The van der Waals surface area contributed by atoms with Gasteiger partial charge in [0.15, 0.2) is 0 Å². The number of benzene rings is 1. The number of carbonyl (C=O) groups excluding carboxylic acids is 1. The molecule has 5 heteroatoms. The predicted octanol–water partition coefficient (Wildman–Crippen LogP) is 3.13. The summed E-state index contributed by atoms with van der Waals surface area (Å²) in [4.78, 5) is 11.2. The number of hydrogen-bond donors (Lipinski definition) is 2. The average molecular weight is 229 g/mol. The summed E-state index contributed by atoms with van der Waals surface area (Å²) in [6.07, 6.45) is 0. The third-order valence-electron chi connectivity index (χ3n) is 1.50. The van der Waals surface area contributed by atoms with E-state index in [-0.39, 0.29) is 5.02 Å². The van der Waals surface area contributed by atoms with Crippen molar-refractivity contribution in [2.24, 2.45) is 0 Å². The Morgan fingerprint density at radius 1 is 1.53 bits per heavy atom. The minimum atomic E-state index is -0.525. The van der Waals surface area contributed by atoms with E-state index in [1.165, 1.54) is 18.2 Å². The second-order valence-corrected chi connectivity index (χ2v) is 3.40. The Balaban J connectivity index is 2.69. The van der Waals surface area contributed by atoms with E-state index in [4.69, 9.17) is 11.6 Å². The van der Waals surface area contributed by atoms with Crippen LogP contribution in [0.5, 0.6) is 0 Å². The first-order valence-corrected chi connectivity index (χ1v) is 4.55. The minimum absolute atomic E-state index is 0.0388. The first-order chi connectivity index (χ1) is 6.99. The molecule has 0 saturated heterocycles. The smallest absolute Gasteiger partial charge is 0.312 e. The summed E-state index contributed by atoms with van der Waals surface area (Å²) >= 11 is 5.54. The van der Waals surface area contributed by atoms with Crippen molar-refractivity contribution in [1.29, 1.82) is 0 Å². The van der Waals surface area contributed by atoms with Gasteiger partial charge in [-0.2, -0.15) is 0 Å². The topological polar surface area (TPSA) is 41.1 Å². The molecule has 0 fully saturated rings. The monoisotopic (exact) mass is 228 g/mol. The van der Waals surface area contributed by atoms with Gasteiger partial charge in [0.25, 0.3) is 0 Å². The van der Waals surface area contributed by atoms with Gasteiger partial charge in [0.1, 0.15) is 5.82 Å². The van der Waals surface area contributed by atoms with Gasteiger partial charge in [-0.25, -0.2) is 9.18 Å². The lowest BCUT2D eigenvalue weighted by molar-refractivity contribution is 0.254. The number of hydrogen-bond acceptors (Lipinski definition) is 1. The Morgan fingerprint density at radius 3 is 2.73 bits per heavy atom. The fraction of sp³-hybridized carbons (Fsp3) is 0.100. The zero-order chi connectivity index (χ0) is 11.4. The molecule has 1 aromatic rings. The summed E-state index contributed by atoms with van der Waals surface area (Å²) in [5.41, 5.74) is 0.931. The number of allylic oxidation sites excluding steroid dienone is 1. The number of nitrogens with one attached hydrogen (secondary N) is 2. The second-order valence-electron chi connectivity index (χ2n) is 2.99. The first-order valence-electron chi connectivity index (χ1n) is 4.17. The highest BCUT2D eigenvalue weighted by Crippen LogP contribution is 2.19. The van der Waals surface area contributed by atoms with Crippen molar-refractivity contribution in [2.45, 2.75) is 6.92 Å². The van der Waals surface area contributed by atoms with Crippen LogP contribution in [0.25, 0.3) is 0 Å². The molecule has 0 aliphatic heterocycles. The van der Waals surface area contributed by atoms with Gasteiger partial charge in [0, 0.05) is 11.4 Å². The highest BCUT2D eigenvalue weighted by atomic mass is 35.5. The SMILES string of the molecule is C=C(C)NC(=O)Nc1ccc(F)c(Cl)c1. The van der Waals surface area contributed by atoms with E-state index in [0.29, 0.717) is 11.4 Å². The molecule has 80 valence electrons. The van der Waals surface area contributed by atoms with E-state index in [1.54, 1.807) is 6.92 Å². The number of rotatable bonds is 2. The van der Waals surface area contributed by atoms with Crippen LogP contribution in [-0.4, -0.2) is 6.03 Å². The van der Waals surface area contributed by atoms with E-state index in [2.05, 4.69) is 17.2 Å². The van der Waals surface area contributed by atoms with Crippen LogP contribution in [0.4, 0.5) is 14.9 Å². The van der Waals surface area contributed by atoms with E-state index >= 15 is 0 Å². The Labute approximate surface area is 91.9 Å². The standard InChI is InChI=1S/C10H10ClFN2O/c1-6(2)13-10(15)14-7-3-4-9(12)8(11)5-7/h3-5H,1H2,2H3,(H2,13,14,15). The summed E-state index contributed by atoms with van der Waals surface area (Å²) in [5.74, 6) is -0.525. The van der Waals surface area contributed by atoms with Crippen LogP contribution in [0.3, 0.4) is 0 Å². The molecule has 2 N–H and O–H groups in total. The van der Waals surface area contributed by atoms with Crippen molar-refractivity contribution in [3.8, 4) is 0 Å². The fourth-order valence-electron chi connectivity index (χ4n) is 0.930. The van der Waals surface area contributed by atoms with Crippen molar-refractivity contribution in [3.63, 3.8) is 0 Å². The zero-order valence-corrected chi connectivity index (χ0v) is 8.86. The van der Waals surface area contributed by atoms with Crippen LogP contribution in [0.1, 0.15) is 6.92 Å². The van der Waals surface area contributed by atoms with Gasteiger partial charge >= 0.3 is 6.03 Å². The summed E-state index contributed by atoms with van der Waals surface area (Å²) in [6.45, 7) is 5.16. The lowest BCUT2D eigenvalue weighted by atomic mass is 10.3. The van der Waals surface area contributed by atoms with E-state index in [0.717, 1.165) is 0 Å². The van der Waals surface area contributed by atoms with Gasteiger partial charge < -0.3 is 10.6 Å². The van der Waals surface area contributed by atoms with E-state index < -0.39 is 11.8 Å². The van der Waals surface area contributed by atoms with Crippen molar-refractivity contribution in [2.75, 3.05) is 5.32 Å². The molecule has 1 rings (SSSR count). The van der Waals surface area contributed by atoms with Crippen molar-refractivity contribution in [1.82, 2.24) is 5.32 Å². The molecule has 0 aliphatic carbocycles. The fourth-order valence-corrected chi connectivity index (χ4v) is 1.11. The molecular weight excluding hydrogens is 219 g/mol. The van der Waals surface area contributed by atoms with Gasteiger partial charge in [-0.3, -0.25) is 0 Å². The molecule has 0 radical (unpaired) electrons.